The molecule has 0 aliphatic heterocycles. The number of aliphatic hydroxyl groups excluding tert-OH is 1. The molecule has 0 heterocycles. The highest BCUT2D eigenvalue weighted by Crippen LogP contribution is 2.31. The first kappa shape index (κ1) is 13.5. The molecule has 4 heteroatoms. The number of anilines is 2. The van der Waals surface area contributed by atoms with Crippen LogP contribution in [0.5, 0.6) is 0 Å². The first-order valence-corrected chi connectivity index (χ1v) is 6.98. The summed E-state index contributed by atoms with van der Waals surface area (Å²) in [4.78, 5) is 0. The molecule has 3 nitrogen and oxygen atoms in total. The third kappa shape index (κ3) is 3.30. The fourth-order valence-electron chi connectivity index (χ4n) is 2.73. The second-order valence-corrected chi connectivity index (χ2v) is 5.54. The molecule has 1 aromatic carbocycles. The lowest BCUT2D eigenvalue weighted by Crippen LogP contribution is -2.28. The average Bonchev–Trinajstić information content (AvgIpc) is 2.38. The van der Waals surface area contributed by atoms with Crippen LogP contribution in [0.3, 0.4) is 0 Å². The van der Waals surface area contributed by atoms with Crippen molar-refractivity contribution in [3.05, 3.63) is 23.2 Å². The summed E-state index contributed by atoms with van der Waals surface area (Å²) in [5, 5.41) is 13.4. The van der Waals surface area contributed by atoms with E-state index in [-0.39, 0.29) is 0 Å². The highest BCUT2D eigenvalue weighted by Gasteiger charge is 2.24. The Bertz CT molecular complexity index is 397. The molecule has 1 aromatic rings. The van der Waals surface area contributed by atoms with Crippen molar-refractivity contribution in [3.63, 3.8) is 0 Å². The molecular formula is C14H21ClN2O. The van der Waals surface area contributed by atoms with E-state index in [1.54, 1.807) is 6.07 Å². The lowest BCUT2D eigenvalue weighted by molar-refractivity contribution is 0.141. The van der Waals surface area contributed by atoms with Crippen LogP contribution in [0.15, 0.2) is 18.2 Å². The summed E-state index contributed by atoms with van der Waals surface area (Å²) in [6.45, 7) is 1.17. The quantitative estimate of drug-likeness (QED) is 0.736. The van der Waals surface area contributed by atoms with Crippen molar-refractivity contribution in [2.45, 2.75) is 25.7 Å². The molecule has 2 rings (SSSR count). The van der Waals surface area contributed by atoms with Crippen LogP contribution in [-0.4, -0.2) is 18.3 Å². The smallest absolute Gasteiger partial charge is 0.0575 e. The van der Waals surface area contributed by atoms with Crippen molar-refractivity contribution in [3.8, 4) is 0 Å². The predicted octanol–water partition coefficient (Wildman–Crippen LogP) is 3.13. The minimum absolute atomic E-state index is 0.294. The molecule has 2 unspecified atom stereocenters. The highest BCUT2D eigenvalue weighted by molar-refractivity contribution is 6.31. The molecule has 1 aliphatic rings. The Morgan fingerprint density at radius 3 is 2.67 bits per heavy atom. The molecule has 2 atom stereocenters. The first-order chi connectivity index (χ1) is 8.70. The van der Waals surface area contributed by atoms with Crippen molar-refractivity contribution in [2.24, 2.45) is 11.8 Å². The maximum Gasteiger partial charge on any atom is 0.0575 e. The number of halogens is 1. The second-order valence-electron chi connectivity index (χ2n) is 5.10. The van der Waals surface area contributed by atoms with Gasteiger partial charge in [0, 0.05) is 18.2 Å². The van der Waals surface area contributed by atoms with Crippen LogP contribution in [-0.2, 0) is 0 Å². The van der Waals surface area contributed by atoms with Gasteiger partial charge < -0.3 is 16.2 Å². The third-order valence-electron chi connectivity index (χ3n) is 3.87. The highest BCUT2D eigenvalue weighted by atomic mass is 35.5. The van der Waals surface area contributed by atoms with Gasteiger partial charge in [-0.15, -0.1) is 0 Å². The lowest BCUT2D eigenvalue weighted by Gasteiger charge is -2.30. The van der Waals surface area contributed by atoms with Crippen LogP contribution in [0.4, 0.5) is 11.4 Å². The molecule has 4 N–H and O–H groups in total. The van der Waals surface area contributed by atoms with Gasteiger partial charge in [0.2, 0.25) is 0 Å². The van der Waals surface area contributed by atoms with E-state index in [1.165, 1.54) is 19.3 Å². The Hall–Kier alpha value is -0.930. The van der Waals surface area contributed by atoms with Gasteiger partial charge in [0.25, 0.3) is 0 Å². The molecule has 18 heavy (non-hydrogen) atoms. The minimum atomic E-state index is 0.294. The molecule has 0 radical (unpaired) electrons. The van der Waals surface area contributed by atoms with Crippen LogP contribution in [0.1, 0.15) is 25.7 Å². The van der Waals surface area contributed by atoms with Crippen LogP contribution >= 0.6 is 11.6 Å². The van der Waals surface area contributed by atoms with Crippen LogP contribution < -0.4 is 11.1 Å². The van der Waals surface area contributed by atoms with Crippen molar-refractivity contribution in [1.29, 1.82) is 0 Å². The van der Waals surface area contributed by atoms with Crippen molar-refractivity contribution in [1.82, 2.24) is 0 Å². The summed E-state index contributed by atoms with van der Waals surface area (Å²) in [6, 6.07) is 5.51. The molecule has 0 amide bonds. The number of aliphatic hydroxyl groups is 1. The van der Waals surface area contributed by atoms with Gasteiger partial charge in [0.1, 0.15) is 0 Å². The van der Waals surface area contributed by atoms with Crippen LogP contribution in [0.2, 0.25) is 5.02 Å². The number of benzene rings is 1. The third-order valence-corrected chi connectivity index (χ3v) is 4.10. The van der Waals surface area contributed by atoms with Gasteiger partial charge in [-0.3, -0.25) is 0 Å². The molecule has 1 aliphatic carbocycles. The Labute approximate surface area is 113 Å². The Balaban J connectivity index is 1.93. The number of hydrogen-bond acceptors (Lipinski definition) is 3. The predicted molar refractivity (Wildman–Crippen MR) is 76.9 cm³/mol. The zero-order valence-electron chi connectivity index (χ0n) is 10.5. The number of nitrogen functional groups attached to an aromatic ring is 1. The van der Waals surface area contributed by atoms with Gasteiger partial charge in [-0.05, 0) is 42.9 Å². The van der Waals surface area contributed by atoms with Crippen LogP contribution in [0, 0.1) is 11.8 Å². The van der Waals surface area contributed by atoms with Gasteiger partial charge in [-0.25, -0.2) is 0 Å². The van der Waals surface area contributed by atoms with Crippen molar-refractivity contribution >= 4 is 23.0 Å². The normalized spacial score (nSPS) is 23.9. The molecular weight excluding hydrogens is 248 g/mol. The van der Waals surface area contributed by atoms with Gasteiger partial charge in [0.05, 0.1) is 11.4 Å². The monoisotopic (exact) mass is 268 g/mol. The maximum absolute atomic E-state index is 9.38. The molecule has 0 bridgehead atoms. The topological polar surface area (TPSA) is 58.3 Å². The van der Waals surface area contributed by atoms with E-state index in [0.29, 0.717) is 29.2 Å². The first-order valence-electron chi connectivity index (χ1n) is 6.60. The number of nitrogens with one attached hydrogen (secondary N) is 1. The molecule has 1 fully saturated rings. The zero-order valence-corrected chi connectivity index (χ0v) is 11.3. The molecule has 0 aromatic heterocycles. The SMILES string of the molecule is Nc1cc(Cl)ccc1NCC1CCCCC1CO. The van der Waals surface area contributed by atoms with E-state index in [0.717, 1.165) is 18.7 Å². The molecule has 100 valence electrons. The minimum Gasteiger partial charge on any atom is -0.397 e. The summed E-state index contributed by atoms with van der Waals surface area (Å²) in [6.07, 6.45) is 4.83. The second kappa shape index (κ2) is 6.30. The Kier molecular flexibility index (Phi) is 4.72. The summed E-state index contributed by atoms with van der Waals surface area (Å²) in [7, 11) is 0. The number of hydrogen-bond donors (Lipinski definition) is 3. The fraction of sp³-hybridized carbons (Fsp3) is 0.571. The summed E-state index contributed by atoms with van der Waals surface area (Å²) < 4.78 is 0. The number of nitrogens with two attached hydrogens (primary N) is 1. The molecule has 1 saturated carbocycles. The van der Waals surface area contributed by atoms with E-state index in [9.17, 15) is 5.11 Å². The molecule has 0 saturated heterocycles. The van der Waals surface area contributed by atoms with E-state index in [1.807, 2.05) is 12.1 Å². The van der Waals surface area contributed by atoms with Gasteiger partial charge in [-0.1, -0.05) is 24.4 Å². The van der Waals surface area contributed by atoms with Crippen molar-refractivity contribution < 1.29 is 5.11 Å². The lowest BCUT2D eigenvalue weighted by atomic mass is 9.79. The van der Waals surface area contributed by atoms with E-state index >= 15 is 0 Å². The maximum atomic E-state index is 9.38. The van der Waals surface area contributed by atoms with Crippen molar-refractivity contribution in [2.75, 3.05) is 24.2 Å². The Morgan fingerprint density at radius 2 is 2.00 bits per heavy atom. The summed E-state index contributed by atoms with van der Waals surface area (Å²) >= 11 is 5.87. The average molecular weight is 269 g/mol. The van der Waals surface area contributed by atoms with Crippen LogP contribution in [0.25, 0.3) is 0 Å². The fourth-order valence-corrected chi connectivity index (χ4v) is 2.91. The van der Waals surface area contributed by atoms with Gasteiger partial charge >= 0.3 is 0 Å². The molecule has 0 spiro atoms. The van der Waals surface area contributed by atoms with E-state index in [4.69, 9.17) is 17.3 Å². The van der Waals surface area contributed by atoms with Gasteiger partial charge in [-0.2, -0.15) is 0 Å². The Morgan fingerprint density at radius 1 is 1.28 bits per heavy atom. The summed E-state index contributed by atoms with van der Waals surface area (Å²) in [5.74, 6) is 0.971. The number of rotatable bonds is 4. The van der Waals surface area contributed by atoms with E-state index in [2.05, 4.69) is 5.32 Å². The summed E-state index contributed by atoms with van der Waals surface area (Å²) in [5.41, 5.74) is 7.52. The van der Waals surface area contributed by atoms with E-state index < -0.39 is 0 Å². The zero-order chi connectivity index (χ0) is 13.0. The van der Waals surface area contributed by atoms with Gasteiger partial charge in [0.15, 0.2) is 0 Å². The largest absolute Gasteiger partial charge is 0.397 e. The standard InChI is InChI=1S/C14H21ClN2O/c15-12-5-6-14(13(16)7-12)17-8-10-3-1-2-4-11(10)9-18/h5-7,10-11,17-18H,1-4,8-9,16H2.